The van der Waals surface area contributed by atoms with Crippen LogP contribution in [0.4, 0.5) is 10.5 Å². The first-order valence-electron chi connectivity index (χ1n) is 7.27. The predicted octanol–water partition coefficient (Wildman–Crippen LogP) is 4.63. The van der Waals surface area contributed by atoms with E-state index in [1.807, 2.05) is 53.4 Å². The second kappa shape index (κ2) is 7.15. The van der Waals surface area contributed by atoms with Gasteiger partial charge in [-0.3, -0.25) is 0 Å². The molecular formula is C17H17ClN2O2S. The van der Waals surface area contributed by atoms with Gasteiger partial charge in [-0.05, 0) is 30.3 Å². The first kappa shape index (κ1) is 16.0. The quantitative estimate of drug-likeness (QED) is 0.879. The molecule has 0 aromatic heterocycles. The van der Waals surface area contributed by atoms with Gasteiger partial charge in [-0.1, -0.05) is 29.8 Å². The summed E-state index contributed by atoms with van der Waals surface area (Å²) in [6.45, 7) is 0.697. The zero-order chi connectivity index (χ0) is 16.2. The van der Waals surface area contributed by atoms with E-state index < -0.39 is 0 Å². The standard InChI is InChI=1S/C17H17ClN2O2S/c1-22-13-8-6-12(7-9-13)19-17(21)20-10-11-23-16(20)14-4-2-3-5-15(14)18/h2-9,16H,10-11H2,1H3,(H,19,21)/t16-/m0/s1. The Morgan fingerprint density at radius 3 is 2.70 bits per heavy atom. The molecule has 0 saturated carbocycles. The Bertz CT molecular complexity index is 693. The molecule has 1 N–H and O–H groups in total. The SMILES string of the molecule is COc1ccc(NC(=O)N2CCS[C@H]2c2ccccc2Cl)cc1. The Balaban J connectivity index is 1.74. The number of thioether (sulfide) groups is 1. The third-order valence-corrected chi connectivity index (χ3v) is 5.25. The van der Waals surface area contributed by atoms with Gasteiger partial charge in [0.1, 0.15) is 11.1 Å². The molecule has 1 aliphatic rings. The van der Waals surface area contributed by atoms with Gasteiger partial charge < -0.3 is 15.0 Å². The minimum atomic E-state index is -0.120. The summed E-state index contributed by atoms with van der Waals surface area (Å²) in [5.74, 6) is 1.65. The number of ether oxygens (including phenoxy) is 1. The molecule has 1 fully saturated rings. The monoisotopic (exact) mass is 348 g/mol. The van der Waals surface area contributed by atoms with Crippen molar-refractivity contribution in [1.82, 2.24) is 4.90 Å². The summed E-state index contributed by atoms with van der Waals surface area (Å²) in [6, 6.07) is 14.8. The van der Waals surface area contributed by atoms with E-state index in [4.69, 9.17) is 16.3 Å². The van der Waals surface area contributed by atoms with Crippen molar-refractivity contribution in [3.05, 3.63) is 59.1 Å². The van der Waals surface area contributed by atoms with Crippen molar-refractivity contribution in [2.75, 3.05) is 24.7 Å². The van der Waals surface area contributed by atoms with Crippen LogP contribution in [0.1, 0.15) is 10.9 Å². The Kier molecular flexibility index (Phi) is 4.98. The lowest BCUT2D eigenvalue weighted by Gasteiger charge is -2.25. The van der Waals surface area contributed by atoms with E-state index in [0.717, 1.165) is 22.8 Å². The van der Waals surface area contributed by atoms with Gasteiger partial charge in [0.2, 0.25) is 0 Å². The van der Waals surface area contributed by atoms with E-state index in [1.165, 1.54) is 0 Å². The van der Waals surface area contributed by atoms with Crippen molar-refractivity contribution in [1.29, 1.82) is 0 Å². The van der Waals surface area contributed by atoms with Crippen LogP contribution in [0.3, 0.4) is 0 Å². The normalized spacial score (nSPS) is 17.1. The fourth-order valence-corrected chi connectivity index (χ4v) is 4.08. The van der Waals surface area contributed by atoms with Crippen LogP contribution in [0.5, 0.6) is 5.75 Å². The van der Waals surface area contributed by atoms with Gasteiger partial charge in [0, 0.05) is 28.6 Å². The smallest absolute Gasteiger partial charge is 0.323 e. The number of hydrogen-bond donors (Lipinski definition) is 1. The molecule has 23 heavy (non-hydrogen) atoms. The lowest BCUT2D eigenvalue weighted by molar-refractivity contribution is 0.214. The molecule has 0 aliphatic carbocycles. The molecule has 0 unspecified atom stereocenters. The Morgan fingerprint density at radius 2 is 2.00 bits per heavy atom. The number of amides is 2. The molecule has 2 aromatic rings. The molecule has 1 heterocycles. The van der Waals surface area contributed by atoms with Gasteiger partial charge in [0.25, 0.3) is 0 Å². The average Bonchev–Trinajstić information content (AvgIpc) is 3.05. The van der Waals surface area contributed by atoms with E-state index in [9.17, 15) is 4.79 Å². The summed E-state index contributed by atoms with van der Waals surface area (Å²) in [5, 5.41) is 3.56. The van der Waals surface area contributed by atoms with Crippen LogP contribution in [0, 0.1) is 0 Å². The Hall–Kier alpha value is -1.85. The van der Waals surface area contributed by atoms with Crippen LogP contribution in [0.25, 0.3) is 0 Å². The largest absolute Gasteiger partial charge is 0.497 e. The second-order valence-corrected chi connectivity index (χ2v) is 6.69. The van der Waals surface area contributed by atoms with Gasteiger partial charge in [0.15, 0.2) is 0 Å². The van der Waals surface area contributed by atoms with Crippen molar-refractivity contribution in [2.24, 2.45) is 0 Å². The van der Waals surface area contributed by atoms with E-state index in [2.05, 4.69) is 5.32 Å². The van der Waals surface area contributed by atoms with Crippen LogP contribution in [-0.2, 0) is 0 Å². The van der Waals surface area contributed by atoms with Crippen molar-refractivity contribution >= 4 is 35.1 Å². The van der Waals surface area contributed by atoms with E-state index >= 15 is 0 Å². The van der Waals surface area contributed by atoms with Crippen molar-refractivity contribution < 1.29 is 9.53 Å². The number of methoxy groups -OCH3 is 1. The highest BCUT2D eigenvalue weighted by atomic mass is 35.5. The molecule has 6 heteroatoms. The number of nitrogens with one attached hydrogen (secondary N) is 1. The highest BCUT2D eigenvalue weighted by Gasteiger charge is 2.31. The highest BCUT2D eigenvalue weighted by Crippen LogP contribution is 2.40. The Morgan fingerprint density at radius 1 is 1.26 bits per heavy atom. The molecule has 1 atom stereocenters. The van der Waals surface area contributed by atoms with Crippen molar-refractivity contribution in [2.45, 2.75) is 5.37 Å². The first-order chi connectivity index (χ1) is 11.2. The van der Waals surface area contributed by atoms with E-state index in [0.29, 0.717) is 11.6 Å². The van der Waals surface area contributed by atoms with Gasteiger partial charge in [-0.15, -0.1) is 11.8 Å². The number of rotatable bonds is 3. The fourth-order valence-electron chi connectivity index (χ4n) is 2.48. The summed E-state index contributed by atoms with van der Waals surface area (Å²) in [4.78, 5) is 14.4. The molecule has 0 radical (unpaired) electrons. The van der Waals surface area contributed by atoms with Crippen LogP contribution in [-0.4, -0.2) is 30.3 Å². The molecule has 2 aromatic carbocycles. The Labute approximate surface area is 144 Å². The third-order valence-electron chi connectivity index (χ3n) is 3.66. The fraction of sp³-hybridized carbons (Fsp3) is 0.235. The predicted molar refractivity (Wildman–Crippen MR) is 95.4 cm³/mol. The second-order valence-electron chi connectivity index (χ2n) is 5.10. The third kappa shape index (κ3) is 3.57. The van der Waals surface area contributed by atoms with Gasteiger partial charge >= 0.3 is 6.03 Å². The molecule has 2 amide bonds. The van der Waals surface area contributed by atoms with Crippen LogP contribution < -0.4 is 10.1 Å². The molecule has 3 rings (SSSR count). The maximum Gasteiger partial charge on any atom is 0.323 e. The number of halogens is 1. The van der Waals surface area contributed by atoms with Crippen LogP contribution >= 0.6 is 23.4 Å². The van der Waals surface area contributed by atoms with Crippen molar-refractivity contribution in [3.8, 4) is 5.75 Å². The molecule has 1 saturated heterocycles. The summed E-state index contributed by atoms with van der Waals surface area (Å²) in [7, 11) is 1.61. The summed E-state index contributed by atoms with van der Waals surface area (Å²) < 4.78 is 5.12. The first-order valence-corrected chi connectivity index (χ1v) is 8.69. The summed E-state index contributed by atoms with van der Waals surface area (Å²) in [6.07, 6.45) is 0. The maximum atomic E-state index is 12.6. The topological polar surface area (TPSA) is 41.6 Å². The van der Waals surface area contributed by atoms with Gasteiger partial charge in [-0.2, -0.15) is 0 Å². The molecule has 0 spiro atoms. The van der Waals surface area contributed by atoms with Gasteiger partial charge in [-0.25, -0.2) is 4.79 Å². The van der Waals surface area contributed by atoms with Crippen LogP contribution in [0.2, 0.25) is 5.02 Å². The lowest BCUT2D eigenvalue weighted by Crippen LogP contribution is -2.34. The zero-order valence-corrected chi connectivity index (χ0v) is 14.2. The zero-order valence-electron chi connectivity index (χ0n) is 12.7. The van der Waals surface area contributed by atoms with Crippen molar-refractivity contribution in [3.63, 3.8) is 0 Å². The minimum absolute atomic E-state index is 0.0538. The number of hydrogen-bond acceptors (Lipinski definition) is 3. The minimum Gasteiger partial charge on any atom is -0.497 e. The van der Waals surface area contributed by atoms with E-state index in [-0.39, 0.29) is 11.4 Å². The number of benzene rings is 2. The molecule has 4 nitrogen and oxygen atoms in total. The number of nitrogens with zero attached hydrogens (tertiary/aromatic N) is 1. The number of urea groups is 1. The molecule has 120 valence electrons. The summed E-state index contributed by atoms with van der Waals surface area (Å²) >= 11 is 8.01. The molecular weight excluding hydrogens is 332 g/mol. The van der Waals surface area contributed by atoms with E-state index in [1.54, 1.807) is 18.9 Å². The van der Waals surface area contributed by atoms with Crippen LogP contribution in [0.15, 0.2) is 48.5 Å². The summed E-state index contributed by atoms with van der Waals surface area (Å²) in [5.41, 5.74) is 1.71. The number of anilines is 1. The lowest BCUT2D eigenvalue weighted by atomic mass is 10.2. The molecule has 1 aliphatic heterocycles. The molecule has 0 bridgehead atoms. The van der Waals surface area contributed by atoms with Gasteiger partial charge in [0.05, 0.1) is 7.11 Å². The maximum absolute atomic E-state index is 12.6. The number of carbonyl (C=O) groups is 1. The average molecular weight is 349 g/mol. The number of carbonyl (C=O) groups excluding carboxylic acids is 1. The highest BCUT2D eigenvalue weighted by molar-refractivity contribution is 7.99.